The van der Waals surface area contributed by atoms with E-state index < -0.39 is 0 Å². The molecule has 7 nitrogen and oxygen atoms in total. The molecule has 1 saturated heterocycles. The Bertz CT molecular complexity index is 1550. The van der Waals surface area contributed by atoms with Gasteiger partial charge in [0.2, 0.25) is 11.1 Å². The molecule has 6 rings (SSSR count). The molecule has 0 radical (unpaired) electrons. The van der Waals surface area contributed by atoms with Crippen molar-refractivity contribution in [3.05, 3.63) is 96.1 Å². The van der Waals surface area contributed by atoms with Crippen molar-refractivity contribution in [2.45, 2.75) is 31.1 Å². The lowest BCUT2D eigenvalue weighted by molar-refractivity contribution is -0.133. The van der Waals surface area contributed by atoms with Crippen LogP contribution in [0.15, 0.2) is 90.1 Å². The van der Waals surface area contributed by atoms with Crippen LogP contribution in [0, 0.1) is 0 Å². The number of thioether (sulfide) groups is 1. The molecule has 3 heterocycles. The van der Waals surface area contributed by atoms with Gasteiger partial charge in [-0.25, -0.2) is 4.98 Å². The molecule has 2 aromatic heterocycles. The average Bonchev–Trinajstić information content (AvgIpc) is 3.29. The lowest BCUT2D eigenvalue weighted by Gasteiger charge is -2.34. The number of hydrogen-bond donors (Lipinski definition) is 0. The van der Waals surface area contributed by atoms with Crippen LogP contribution < -0.4 is 0 Å². The summed E-state index contributed by atoms with van der Waals surface area (Å²) in [6.07, 6.45) is 1.34. The highest BCUT2D eigenvalue weighted by Gasteiger charge is 2.21. The zero-order valence-corrected chi connectivity index (χ0v) is 22.8. The molecule has 1 aliphatic heterocycles. The minimum Gasteiger partial charge on any atom is -0.340 e. The molecule has 198 valence electrons. The summed E-state index contributed by atoms with van der Waals surface area (Å²) < 4.78 is 2.22. The van der Waals surface area contributed by atoms with Gasteiger partial charge >= 0.3 is 0 Å². The maximum atomic E-state index is 12.8. The van der Waals surface area contributed by atoms with E-state index in [1.165, 1.54) is 11.1 Å². The molecule has 5 aromatic rings. The minimum absolute atomic E-state index is 0.243. The van der Waals surface area contributed by atoms with Crippen molar-refractivity contribution in [2.24, 2.45) is 0 Å². The number of rotatable bonds is 9. The summed E-state index contributed by atoms with van der Waals surface area (Å²) in [6, 6.07) is 29.2. The summed E-state index contributed by atoms with van der Waals surface area (Å²) in [6.45, 7) is 5.11. The largest absolute Gasteiger partial charge is 0.340 e. The fourth-order valence-corrected chi connectivity index (χ4v) is 5.94. The molecule has 0 N–H and O–H groups in total. The van der Waals surface area contributed by atoms with Crippen molar-refractivity contribution in [1.82, 2.24) is 29.5 Å². The van der Waals surface area contributed by atoms with Gasteiger partial charge in [-0.1, -0.05) is 90.6 Å². The fourth-order valence-electron chi connectivity index (χ4n) is 5.22. The van der Waals surface area contributed by atoms with Crippen LogP contribution in [0.4, 0.5) is 0 Å². The van der Waals surface area contributed by atoms with Crippen molar-refractivity contribution in [3.63, 3.8) is 0 Å². The highest BCUT2D eigenvalue weighted by atomic mass is 32.2. The molecule has 3 aromatic carbocycles. The van der Waals surface area contributed by atoms with Gasteiger partial charge in [0.25, 0.3) is 0 Å². The zero-order chi connectivity index (χ0) is 26.4. The molecule has 0 saturated carbocycles. The molecule has 39 heavy (non-hydrogen) atoms. The molecule has 1 fully saturated rings. The Kier molecular flexibility index (Phi) is 7.83. The van der Waals surface area contributed by atoms with Gasteiger partial charge < -0.3 is 9.47 Å². The first-order valence-corrected chi connectivity index (χ1v) is 14.6. The van der Waals surface area contributed by atoms with Crippen molar-refractivity contribution >= 4 is 39.7 Å². The van der Waals surface area contributed by atoms with Crippen LogP contribution in [0.1, 0.15) is 24.0 Å². The number of carbonyl (C=O) groups is 1. The first kappa shape index (κ1) is 25.5. The van der Waals surface area contributed by atoms with E-state index >= 15 is 0 Å². The second-order valence-electron chi connectivity index (χ2n) is 9.95. The van der Waals surface area contributed by atoms with Crippen molar-refractivity contribution in [1.29, 1.82) is 0 Å². The van der Waals surface area contributed by atoms with Crippen LogP contribution in [0.2, 0.25) is 0 Å². The standard InChI is InChI=1S/C31H32N6OS/c38-28(36-19-17-35(18-20-36)22-24-10-3-1-4-11-24)16-9-21-39-31-32-30-29(33-34-31)26-14-7-8-15-27(26)37(30)23-25-12-5-2-6-13-25/h1-8,10-15H,9,16-23H2. The summed E-state index contributed by atoms with van der Waals surface area (Å²) in [5.74, 6) is 1.03. The van der Waals surface area contributed by atoms with Gasteiger partial charge in [-0.2, -0.15) is 0 Å². The monoisotopic (exact) mass is 536 g/mol. The fraction of sp³-hybridized carbons (Fsp3) is 0.290. The maximum absolute atomic E-state index is 12.8. The highest BCUT2D eigenvalue weighted by molar-refractivity contribution is 7.99. The summed E-state index contributed by atoms with van der Waals surface area (Å²) in [5, 5.41) is 10.7. The Morgan fingerprint density at radius 1 is 0.769 bits per heavy atom. The second kappa shape index (κ2) is 12.0. The second-order valence-corrected chi connectivity index (χ2v) is 11.0. The van der Waals surface area contributed by atoms with E-state index in [4.69, 9.17) is 4.98 Å². The first-order valence-electron chi connectivity index (χ1n) is 13.6. The maximum Gasteiger partial charge on any atom is 0.222 e. The van der Waals surface area contributed by atoms with Gasteiger partial charge in [0.15, 0.2) is 5.65 Å². The minimum atomic E-state index is 0.243. The molecule has 0 atom stereocenters. The van der Waals surface area contributed by atoms with Gasteiger partial charge in [-0.15, -0.1) is 10.2 Å². The highest BCUT2D eigenvalue weighted by Crippen LogP contribution is 2.28. The Balaban J connectivity index is 1.04. The summed E-state index contributed by atoms with van der Waals surface area (Å²) in [4.78, 5) is 22.2. The quantitative estimate of drug-likeness (QED) is 0.190. The normalized spacial score (nSPS) is 14.3. The predicted octanol–water partition coefficient (Wildman–Crippen LogP) is 5.24. The van der Waals surface area contributed by atoms with Gasteiger partial charge in [-0.3, -0.25) is 9.69 Å². The van der Waals surface area contributed by atoms with Crippen molar-refractivity contribution in [2.75, 3.05) is 31.9 Å². The number of nitrogens with zero attached hydrogens (tertiary/aromatic N) is 6. The van der Waals surface area contributed by atoms with Crippen LogP contribution in [0.25, 0.3) is 22.1 Å². The Morgan fingerprint density at radius 2 is 1.44 bits per heavy atom. The summed E-state index contributed by atoms with van der Waals surface area (Å²) in [7, 11) is 0. The third-order valence-corrected chi connectivity index (χ3v) is 8.20. The van der Waals surface area contributed by atoms with Gasteiger partial charge in [-0.05, 0) is 23.6 Å². The summed E-state index contributed by atoms with van der Waals surface area (Å²) >= 11 is 1.57. The topological polar surface area (TPSA) is 67.2 Å². The van der Waals surface area contributed by atoms with E-state index in [-0.39, 0.29) is 5.91 Å². The molecule has 1 amide bonds. The molecule has 8 heteroatoms. The van der Waals surface area contributed by atoms with Gasteiger partial charge in [0, 0.05) is 56.8 Å². The van der Waals surface area contributed by atoms with E-state index in [0.717, 1.165) is 73.5 Å². The number of carbonyl (C=O) groups excluding carboxylic acids is 1. The molecule has 0 unspecified atom stereocenters. The SMILES string of the molecule is O=C(CCCSc1nnc2c3ccccc3n(Cc3ccccc3)c2n1)N1CCN(Cc2ccccc2)CC1. The number of para-hydroxylation sites is 1. The lowest BCUT2D eigenvalue weighted by Crippen LogP contribution is -2.48. The van der Waals surface area contributed by atoms with Crippen molar-refractivity contribution in [3.8, 4) is 0 Å². The van der Waals surface area contributed by atoms with E-state index in [1.54, 1.807) is 11.8 Å². The number of benzene rings is 3. The van der Waals surface area contributed by atoms with E-state index in [9.17, 15) is 4.79 Å². The molecule has 0 bridgehead atoms. The molecule has 0 spiro atoms. The summed E-state index contributed by atoms with van der Waals surface area (Å²) in [5.41, 5.74) is 5.32. The molecular formula is C31H32N6OS. The molecule has 1 aliphatic rings. The Morgan fingerprint density at radius 3 is 2.18 bits per heavy atom. The predicted molar refractivity (Wildman–Crippen MR) is 157 cm³/mol. The van der Waals surface area contributed by atoms with E-state index in [1.807, 2.05) is 29.2 Å². The number of piperazine rings is 1. The van der Waals surface area contributed by atoms with Crippen LogP contribution in [0.3, 0.4) is 0 Å². The lowest BCUT2D eigenvalue weighted by atomic mass is 10.2. The van der Waals surface area contributed by atoms with Crippen LogP contribution in [0.5, 0.6) is 0 Å². The van der Waals surface area contributed by atoms with Gasteiger partial charge in [0.05, 0.1) is 5.52 Å². The molecule has 0 aliphatic carbocycles. The smallest absolute Gasteiger partial charge is 0.222 e. The average molecular weight is 537 g/mol. The van der Waals surface area contributed by atoms with Crippen LogP contribution in [-0.4, -0.2) is 67.4 Å². The van der Waals surface area contributed by atoms with Crippen molar-refractivity contribution < 1.29 is 4.79 Å². The van der Waals surface area contributed by atoms with Crippen LogP contribution in [-0.2, 0) is 17.9 Å². The number of aromatic nitrogens is 4. The number of hydrogen-bond acceptors (Lipinski definition) is 6. The first-order chi connectivity index (χ1) is 19.2. The zero-order valence-electron chi connectivity index (χ0n) is 21.9. The molecular weight excluding hydrogens is 504 g/mol. The Labute approximate surface area is 232 Å². The third-order valence-electron chi connectivity index (χ3n) is 7.28. The Hall–Kier alpha value is -3.75. The number of fused-ring (bicyclic) bond motifs is 3. The number of amides is 1. The van der Waals surface area contributed by atoms with E-state index in [0.29, 0.717) is 11.6 Å². The third kappa shape index (κ3) is 5.97. The van der Waals surface area contributed by atoms with Gasteiger partial charge in [0.1, 0.15) is 5.52 Å². The van der Waals surface area contributed by atoms with Crippen LogP contribution >= 0.6 is 11.8 Å². The van der Waals surface area contributed by atoms with E-state index in [2.05, 4.69) is 80.3 Å².